The maximum Gasteiger partial charge on any atom is 0.264 e. The second kappa shape index (κ2) is 9.63. The summed E-state index contributed by atoms with van der Waals surface area (Å²) in [6.07, 6.45) is 0. The highest BCUT2D eigenvalue weighted by Crippen LogP contribution is 2.26. The van der Waals surface area contributed by atoms with Crippen molar-refractivity contribution in [2.45, 2.75) is 18.4 Å². The van der Waals surface area contributed by atoms with Crippen molar-refractivity contribution in [2.24, 2.45) is 0 Å². The number of hydrogen-bond acceptors (Lipinski definition) is 4. The van der Waals surface area contributed by atoms with Gasteiger partial charge in [-0.05, 0) is 49.4 Å². The number of rotatable bonds is 7. The molecule has 0 N–H and O–H groups in total. The van der Waals surface area contributed by atoms with Gasteiger partial charge in [0.2, 0.25) is 0 Å². The maximum absolute atomic E-state index is 13.1. The summed E-state index contributed by atoms with van der Waals surface area (Å²) in [6, 6.07) is 18.4. The largest absolute Gasteiger partial charge is 0.496 e. The molecule has 0 aromatic heterocycles. The Morgan fingerprint density at radius 1 is 1.00 bits per heavy atom. The number of nitrogens with zero attached hydrogens (tertiary/aromatic N) is 2. The first-order valence-corrected chi connectivity index (χ1v) is 11.7. The molecule has 0 bridgehead atoms. The zero-order valence-electron chi connectivity index (χ0n) is 18.4. The fourth-order valence-corrected chi connectivity index (χ4v) is 4.76. The third-order valence-electron chi connectivity index (χ3n) is 5.10. The molecule has 0 saturated heterocycles. The minimum absolute atomic E-state index is 0.0207. The van der Waals surface area contributed by atoms with Gasteiger partial charge in [-0.2, -0.15) is 0 Å². The van der Waals surface area contributed by atoms with E-state index in [9.17, 15) is 13.2 Å². The minimum Gasteiger partial charge on any atom is -0.496 e. The summed E-state index contributed by atoms with van der Waals surface area (Å²) in [6.45, 7) is 2.29. The summed E-state index contributed by atoms with van der Waals surface area (Å²) in [4.78, 5) is 14.6. The molecule has 0 aliphatic rings. The molecule has 1 amide bonds. The highest BCUT2D eigenvalue weighted by atomic mass is 35.5. The van der Waals surface area contributed by atoms with Crippen LogP contribution in [-0.2, 0) is 16.6 Å². The molecule has 0 atom stereocenters. The Bertz CT molecular complexity index is 1240. The smallest absolute Gasteiger partial charge is 0.264 e. The lowest BCUT2D eigenvalue weighted by Gasteiger charge is -2.21. The number of anilines is 1. The number of halogens is 1. The molecular weight excluding hydrogens is 448 g/mol. The van der Waals surface area contributed by atoms with Crippen molar-refractivity contribution in [1.29, 1.82) is 0 Å². The quantitative estimate of drug-likeness (QED) is 0.497. The standard InChI is InChI=1S/C24H25ClN2O4S/c1-17-11-12-23(31-4)19(13-17)16-26(2)24(28)18-7-5-10-22(14-18)32(29,30)27(3)21-9-6-8-20(25)15-21/h5-15H,16H2,1-4H3. The summed E-state index contributed by atoms with van der Waals surface area (Å²) in [5.74, 6) is 0.394. The van der Waals surface area contributed by atoms with E-state index >= 15 is 0 Å². The van der Waals surface area contributed by atoms with Crippen LogP contribution in [0.1, 0.15) is 21.5 Å². The van der Waals surface area contributed by atoms with Gasteiger partial charge in [0, 0.05) is 36.8 Å². The van der Waals surface area contributed by atoms with Gasteiger partial charge in [0.1, 0.15) is 5.75 Å². The van der Waals surface area contributed by atoms with Crippen LogP contribution in [0.4, 0.5) is 5.69 Å². The van der Waals surface area contributed by atoms with Gasteiger partial charge in [0.25, 0.3) is 15.9 Å². The molecule has 0 saturated carbocycles. The SMILES string of the molecule is COc1ccc(C)cc1CN(C)C(=O)c1cccc(S(=O)(=O)N(C)c2cccc(Cl)c2)c1. The van der Waals surface area contributed by atoms with Crippen LogP contribution in [0.3, 0.4) is 0 Å². The van der Waals surface area contributed by atoms with E-state index in [1.807, 2.05) is 25.1 Å². The summed E-state index contributed by atoms with van der Waals surface area (Å²) >= 11 is 6.00. The van der Waals surface area contributed by atoms with Gasteiger partial charge in [0.15, 0.2) is 0 Å². The molecule has 0 heterocycles. The average molecular weight is 473 g/mol. The number of benzene rings is 3. The number of carbonyl (C=O) groups is 1. The fourth-order valence-electron chi connectivity index (χ4n) is 3.34. The zero-order chi connectivity index (χ0) is 23.5. The zero-order valence-corrected chi connectivity index (χ0v) is 19.9. The molecule has 0 unspecified atom stereocenters. The van der Waals surface area contributed by atoms with Gasteiger partial charge in [-0.1, -0.05) is 41.4 Å². The lowest BCUT2D eigenvalue weighted by Crippen LogP contribution is -2.28. The molecule has 0 aliphatic carbocycles. The van der Waals surface area contributed by atoms with Crippen LogP contribution in [0, 0.1) is 6.92 Å². The first-order chi connectivity index (χ1) is 15.1. The number of amides is 1. The summed E-state index contributed by atoms with van der Waals surface area (Å²) in [5.41, 5.74) is 2.63. The molecule has 0 spiro atoms. The van der Waals surface area contributed by atoms with Crippen LogP contribution in [0.2, 0.25) is 5.02 Å². The van der Waals surface area contributed by atoms with Crippen molar-refractivity contribution in [3.8, 4) is 5.75 Å². The lowest BCUT2D eigenvalue weighted by atomic mass is 10.1. The number of methoxy groups -OCH3 is 1. The van der Waals surface area contributed by atoms with Gasteiger partial charge >= 0.3 is 0 Å². The van der Waals surface area contributed by atoms with Gasteiger partial charge in [-0.3, -0.25) is 9.10 Å². The Balaban J connectivity index is 1.86. The van der Waals surface area contributed by atoms with Gasteiger partial charge in [0.05, 0.1) is 17.7 Å². The van der Waals surface area contributed by atoms with E-state index in [4.69, 9.17) is 16.3 Å². The van der Waals surface area contributed by atoms with Crippen LogP contribution in [0.15, 0.2) is 71.6 Å². The maximum atomic E-state index is 13.1. The monoisotopic (exact) mass is 472 g/mol. The third-order valence-corrected chi connectivity index (χ3v) is 7.12. The van der Waals surface area contributed by atoms with E-state index in [0.29, 0.717) is 23.0 Å². The Kier molecular flexibility index (Phi) is 7.11. The van der Waals surface area contributed by atoms with Crippen molar-refractivity contribution in [3.05, 3.63) is 88.4 Å². The molecule has 3 rings (SSSR count). The Hall–Kier alpha value is -3.03. The normalized spacial score (nSPS) is 11.2. The summed E-state index contributed by atoms with van der Waals surface area (Å²) in [5, 5.41) is 0.432. The van der Waals surface area contributed by atoms with E-state index in [1.54, 1.807) is 50.6 Å². The Morgan fingerprint density at radius 3 is 2.41 bits per heavy atom. The van der Waals surface area contributed by atoms with Crippen molar-refractivity contribution >= 4 is 33.2 Å². The molecule has 32 heavy (non-hydrogen) atoms. The molecule has 168 valence electrons. The summed E-state index contributed by atoms with van der Waals surface area (Å²) in [7, 11) is 0.822. The summed E-state index contributed by atoms with van der Waals surface area (Å²) < 4.78 is 32.8. The van der Waals surface area contributed by atoms with E-state index < -0.39 is 10.0 Å². The molecule has 6 nitrogen and oxygen atoms in total. The number of carbonyl (C=O) groups excluding carboxylic acids is 1. The van der Waals surface area contributed by atoms with Crippen LogP contribution in [-0.4, -0.2) is 40.4 Å². The van der Waals surface area contributed by atoms with Crippen molar-refractivity contribution < 1.29 is 17.9 Å². The molecular formula is C24H25ClN2O4S. The molecule has 0 fully saturated rings. The molecule has 3 aromatic carbocycles. The van der Waals surface area contributed by atoms with Gasteiger partial charge < -0.3 is 9.64 Å². The number of aryl methyl sites for hydroxylation is 1. The molecule has 3 aromatic rings. The molecule has 0 aliphatic heterocycles. The van der Waals surface area contributed by atoms with E-state index in [-0.39, 0.29) is 16.4 Å². The van der Waals surface area contributed by atoms with Crippen LogP contribution >= 0.6 is 11.6 Å². The van der Waals surface area contributed by atoms with E-state index in [0.717, 1.165) is 15.4 Å². The fraction of sp³-hybridized carbons (Fsp3) is 0.208. The predicted octanol–water partition coefficient (Wildman–Crippen LogP) is 4.75. The topological polar surface area (TPSA) is 66.9 Å². The number of ether oxygens (including phenoxy) is 1. The number of sulfonamides is 1. The molecule has 8 heteroatoms. The van der Waals surface area contributed by atoms with Crippen LogP contribution in [0.25, 0.3) is 0 Å². The third kappa shape index (κ3) is 5.06. The van der Waals surface area contributed by atoms with E-state index in [2.05, 4.69) is 0 Å². The van der Waals surface area contributed by atoms with Crippen LogP contribution < -0.4 is 9.04 Å². The van der Waals surface area contributed by atoms with Gasteiger partial charge in [-0.25, -0.2) is 8.42 Å². The first-order valence-electron chi connectivity index (χ1n) is 9.87. The highest BCUT2D eigenvalue weighted by Gasteiger charge is 2.23. The second-order valence-electron chi connectivity index (χ2n) is 7.46. The van der Waals surface area contributed by atoms with Crippen LogP contribution in [0.5, 0.6) is 5.75 Å². The van der Waals surface area contributed by atoms with Crippen molar-refractivity contribution in [3.63, 3.8) is 0 Å². The van der Waals surface area contributed by atoms with E-state index in [1.165, 1.54) is 24.1 Å². The minimum atomic E-state index is -3.88. The van der Waals surface area contributed by atoms with Crippen molar-refractivity contribution in [2.75, 3.05) is 25.5 Å². The van der Waals surface area contributed by atoms with Crippen molar-refractivity contribution in [1.82, 2.24) is 4.90 Å². The highest BCUT2D eigenvalue weighted by molar-refractivity contribution is 7.92. The average Bonchev–Trinajstić information content (AvgIpc) is 2.78. The Morgan fingerprint density at radius 2 is 1.72 bits per heavy atom. The van der Waals surface area contributed by atoms with Gasteiger partial charge in [-0.15, -0.1) is 0 Å². The number of hydrogen-bond donors (Lipinski definition) is 0. The Labute approximate surface area is 194 Å². The second-order valence-corrected chi connectivity index (χ2v) is 9.86. The first kappa shape index (κ1) is 23.6. The lowest BCUT2D eigenvalue weighted by molar-refractivity contribution is 0.0784. The molecule has 0 radical (unpaired) electrons. The predicted molar refractivity (Wildman–Crippen MR) is 127 cm³/mol.